The molecule has 1 aliphatic rings. The Morgan fingerprint density at radius 3 is 2.85 bits per heavy atom. The van der Waals surface area contributed by atoms with E-state index >= 15 is 0 Å². The summed E-state index contributed by atoms with van der Waals surface area (Å²) in [6, 6.07) is 5.36. The predicted molar refractivity (Wildman–Crippen MR) is 73.3 cm³/mol. The minimum absolute atomic E-state index is 0.148. The molecule has 0 spiro atoms. The van der Waals surface area contributed by atoms with Gasteiger partial charge in [0.1, 0.15) is 11.4 Å². The van der Waals surface area contributed by atoms with Crippen molar-refractivity contribution in [3.63, 3.8) is 0 Å². The van der Waals surface area contributed by atoms with Gasteiger partial charge in [-0.05, 0) is 50.8 Å². The van der Waals surface area contributed by atoms with E-state index in [0.29, 0.717) is 17.3 Å². The summed E-state index contributed by atoms with van der Waals surface area (Å²) in [4.78, 5) is 4.40. The van der Waals surface area contributed by atoms with Gasteiger partial charge in [-0.2, -0.15) is 4.98 Å². The maximum absolute atomic E-state index is 9.97. The van der Waals surface area contributed by atoms with Crippen molar-refractivity contribution in [3.8, 4) is 17.2 Å². The summed E-state index contributed by atoms with van der Waals surface area (Å²) in [5, 5.41) is 14.0. The number of aromatic nitrogens is 2. The van der Waals surface area contributed by atoms with Crippen LogP contribution in [0.5, 0.6) is 5.75 Å². The number of hydrogen-bond donors (Lipinski definition) is 1. The lowest BCUT2D eigenvalue weighted by atomic mass is 9.95. The van der Waals surface area contributed by atoms with Crippen LogP contribution in [0.4, 0.5) is 0 Å². The third kappa shape index (κ3) is 2.29. The van der Waals surface area contributed by atoms with E-state index in [9.17, 15) is 5.11 Å². The summed E-state index contributed by atoms with van der Waals surface area (Å²) >= 11 is 0. The van der Waals surface area contributed by atoms with Crippen LogP contribution >= 0.6 is 0 Å². The molecule has 1 fully saturated rings. The van der Waals surface area contributed by atoms with Gasteiger partial charge in [-0.25, -0.2) is 0 Å². The molecule has 1 aromatic heterocycles. The standard InChI is InChI=1S/C15H18N2O3/c1-10-5-6-11(12(18)9-10)13-16-14(17-20-13)15(2)7-3-4-8-19-15/h5-6,9,18H,3-4,7-8H2,1-2H3. The second kappa shape index (κ2) is 4.90. The van der Waals surface area contributed by atoms with Crippen LogP contribution in [0.3, 0.4) is 0 Å². The minimum atomic E-state index is -0.486. The molecule has 0 aliphatic carbocycles. The van der Waals surface area contributed by atoms with Gasteiger partial charge in [0, 0.05) is 6.61 Å². The molecule has 1 unspecified atom stereocenters. The third-order valence-electron chi connectivity index (χ3n) is 3.75. The lowest BCUT2D eigenvalue weighted by molar-refractivity contribution is -0.0770. The second-order valence-electron chi connectivity index (χ2n) is 5.48. The quantitative estimate of drug-likeness (QED) is 0.911. The fourth-order valence-corrected chi connectivity index (χ4v) is 2.48. The molecule has 20 heavy (non-hydrogen) atoms. The van der Waals surface area contributed by atoms with Crippen molar-refractivity contribution in [2.45, 2.75) is 38.7 Å². The van der Waals surface area contributed by atoms with Crippen LogP contribution in [0.15, 0.2) is 22.7 Å². The van der Waals surface area contributed by atoms with Gasteiger partial charge in [0.05, 0.1) is 5.56 Å². The molecule has 2 aromatic rings. The SMILES string of the molecule is Cc1ccc(-c2nc(C3(C)CCCCO3)no2)c(O)c1. The number of hydrogen-bond acceptors (Lipinski definition) is 5. The molecule has 1 saturated heterocycles. The van der Waals surface area contributed by atoms with Gasteiger partial charge in [0.15, 0.2) is 0 Å². The maximum atomic E-state index is 9.97. The summed E-state index contributed by atoms with van der Waals surface area (Å²) in [6.07, 6.45) is 3.04. The molecule has 1 atom stereocenters. The van der Waals surface area contributed by atoms with Crippen molar-refractivity contribution in [2.75, 3.05) is 6.61 Å². The first-order chi connectivity index (χ1) is 9.58. The van der Waals surface area contributed by atoms with Crippen molar-refractivity contribution < 1.29 is 14.4 Å². The van der Waals surface area contributed by atoms with Gasteiger partial charge in [0.25, 0.3) is 5.89 Å². The highest BCUT2D eigenvalue weighted by Crippen LogP contribution is 2.35. The molecule has 1 N–H and O–H groups in total. The molecule has 5 nitrogen and oxygen atoms in total. The Labute approximate surface area is 117 Å². The number of phenolic OH excluding ortho intramolecular Hbond substituents is 1. The van der Waals surface area contributed by atoms with E-state index in [1.807, 2.05) is 19.9 Å². The van der Waals surface area contributed by atoms with Gasteiger partial charge >= 0.3 is 0 Å². The fraction of sp³-hybridized carbons (Fsp3) is 0.467. The molecule has 1 aliphatic heterocycles. The molecule has 3 rings (SSSR count). The highest BCUT2D eigenvalue weighted by Gasteiger charge is 2.35. The Hall–Kier alpha value is -1.88. The van der Waals surface area contributed by atoms with Crippen LogP contribution in [-0.4, -0.2) is 21.9 Å². The van der Waals surface area contributed by atoms with Gasteiger partial charge in [-0.15, -0.1) is 0 Å². The zero-order valence-corrected chi connectivity index (χ0v) is 11.7. The monoisotopic (exact) mass is 274 g/mol. The van der Waals surface area contributed by atoms with E-state index in [2.05, 4.69) is 10.1 Å². The predicted octanol–water partition coefficient (Wildman–Crippen LogP) is 3.17. The summed E-state index contributed by atoms with van der Waals surface area (Å²) in [6.45, 7) is 4.62. The molecular formula is C15H18N2O3. The van der Waals surface area contributed by atoms with Crippen molar-refractivity contribution in [1.82, 2.24) is 10.1 Å². The second-order valence-corrected chi connectivity index (χ2v) is 5.48. The normalized spacial score (nSPS) is 22.9. The smallest absolute Gasteiger partial charge is 0.261 e. The first-order valence-corrected chi connectivity index (χ1v) is 6.87. The molecule has 0 amide bonds. The summed E-state index contributed by atoms with van der Waals surface area (Å²) in [5.74, 6) is 1.02. The van der Waals surface area contributed by atoms with Crippen LogP contribution in [0, 0.1) is 6.92 Å². The zero-order valence-electron chi connectivity index (χ0n) is 11.7. The van der Waals surface area contributed by atoms with Crippen LogP contribution in [0.1, 0.15) is 37.6 Å². The number of phenols is 1. The molecule has 0 radical (unpaired) electrons. The summed E-state index contributed by atoms with van der Waals surface area (Å²) in [5.41, 5.74) is 1.04. The van der Waals surface area contributed by atoms with Gasteiger partial charge in [0.2, 0.25) is 5.82 Å². The van der Waals surface area contributed by atoms with Gasteiger partial charge < -0.3 is 14.4 Å². The summed E-state index contributed by atoms with van der Waals surface area (Å²) < 4.78 is 11.1. The van der Waals surface area contributed by atoms with Crippen molar-refractivity contribution in [1.29, 1.82) is 0 Å². The van der Waals surface area contributed by atoms with Gasteiger partial charge in [-0.3, -0.25) is 0 Å². The highest BCUT2D eigenvalue weighted by atomic mass is 16.5. The summed E-state index contributed by atoms with van der Waals surface area (Å²) in [7, 11) is 0. The van der Waals surface area contributed by atoms with Crippen LogP contribution in [-0.2, 0) is 10.3 Å². The number of ether oxygens (including phenoxy) is 1. The Morgan fingerprint density at radius 1 is 1.30 bits per heavy atom. The molecular weight excluding hydrogens is 256 g/mol. The molecule has 1 aromatic carbocycles. The van der Waals surface area contributed by atoms with E-state index in [-0.39, 0.29) is 5.75 Å². The maximum Gasteiger partial charge on any atom is 0.261 e. The minimum Gasteiger partial charge on any atom is -0.507 e. The zero-order chi connectivity index (χ0) is 14.2. The first-order valence-electron chi connectivity index (χ1n) is 6.87. The molecule has 5 heteroatoms. The number of benzene rings is 1. The number of aromatic hydroxyl groups is 1. The van der Waals surface area contributed by atoms with E-state index in [0.717, 1.165) is 31.4 Å². The molecule has 0 bridgehead atoms. The third-order valence-corrected chi connectivity index (χ3v) is 3.75. The number of rotatable bonds is 2. The molecule has 0 saturated carbocycles. The molecule has 2 heterocycles. The lowest BCUT2D eigenvalue weighted by Gasteiger charge is -2.30. The topological polar surface area (TPSA) is 68.4 Å². The lowest BCUT2D eigenvalue weighted by Crippen LogP contribution is -2.31. The average molecular weight is 274 g/mol. The Balaban J connectivity index is 1.93. The van der Waals surface area contributed by atoms with E-state index in [1.165, 1.54) is 0 Å². The molecule has 106 valence electrons. The van der Waals surface area contributed by atoms with E-state index in [4.69, 9.17) is 9.26 Å². The Morgan fingerprint density at radius 2 is 2.15 bits per heavy atom. The average Bonchev–Trinajstić information content (AvgIpc) is 2.90. The van der Waals surface area contributed by atoms with E-state index in [1.54, 1.807) is 12.1 Å². The van der Waals surface area contributed by atoms with Crippen molar-refractivity contribution >= 4 is 0 Å². The largest absolute Gasteiger partial charge is 0.507 e. The van der Waals surface area contributed by atoms with Crippen molar-refractivity contribution in [2.24, 2.45) is 0 Å². The van der Waals surface area contributed by atoms with Crippen LogP contribution in [0.25, 0.3) is 11.5 Å². The number of aryl methyl sites for hydroxylation is 1. The number of nitrogens with zero attached hydrogens (tertiary/aromatic N) is 2. The first kappa shape index (κ1) is 13.1. The highest BCUT2D eigenvalue weighted by molar-refractivity contribution is 5.62. The Kier molecular flexibility index (Phi) is 3.22. The van der Waals surface area contributed by atoms with E-state index < -0.39 is 5.60 Å². The van der Waals surface area contributed by atoms with Gasteiger partial charge in [-0.1, -0.05) is 11.2 Å². The van der Waals surface area contributed by atoms with Crippen molar-refractivity contribution in [3.05, 3.63) is 29.6 Å². The van der Waals surface area contributed by atoms with Crippen LogP contribution < -0.4 is 0 Å². The Bertz CT molecular complexity index is 615. The fourth-order valence-electron chi connectivity index (χ4n) is 2.48. The van der Waals surface area contributed by atoms with Crippen LogP contribution in [0.2, 0.25) is 0 Å².